The number of aromatic nitrogens is 4. The molecular formula is C32H42N6O2. The van der Waals surface area contributed by atoms with E-state index in [-0.39, 0.29) is 0 Å². The van der Waals surface area contributed by atoms with Crippen LogP contribution in [0.3, 0.4) is 0 Å². The normalized spacial score (nSPS) is 20.8. The summed E-state index contributed by atoms with van der Waals surface area (Å²) in [6, 6.07) is 17.9. The molecule has 0 amide bonds. The third-order valence-electron chi connectivity index (χ3n) is 8.77. The van der Waals surface area contributed by atoms with Crippen molar-refractivity contribution in [3.8, 4) is 17.0 Å². The van der Waals surface area contributed by atoms with Gasteiger partial charge in [-0.3, -0.25) is 9.58 Å². The van der Waals surface area contributed by atoms with Crippen LogP contribution >= 0.6 is 0 Å². The van der Waals surface area contributed by atoms with Crippen LogP contribution in [0, 0.1) is 0 Å². The van der Waals surface area contributed by atoms with Crippen LogP contribution in [0.1, 0.15) is 49.5 Å². The molecule has 2 fully saturated rings. The van der Waals surface area contributed by atoms with E-state index in [0.717, 1.165) is 65.0 Å². The number of benzene rings is 2. The van der Waals surface area contributed by atoms with Crippen molar-refractivity contribution < 1.29 is 9.47 Å². The molecule has 2 aromatic carbocycles. The monoisotopic (exact) mass is 542 g/mol. The highest BCUT2D eigenvalue weighted by Crippen LogP contribution is 2.32. The Bertz CT molecular complexity index is 1380. The van der Waals surface area contributed by atoms with Crippen LogP contribution in [-0.4, -0.2) is 89.1 Å². The van der Waals surface area contributed by atoms with Crippen molar-refractivity contribution in [2.24, 2.45) is 0 Å². The Labute approximate surface area is 237 Å². The van der Waals surface area contributed by atoms with Gasteiger partial charge in [0, 0.05) is 76.2 Å². The number of nitrogens with zero attached hydrogens (tertiary/aromatic N) is 5. The summed E-state index contributed by atoms with van der Waals surface area (Å²) in [6.45, 7) is 6.80. The molecule has 212 valence electrons. The molecule has 1 aliphatic carbocycles. The van der Waals surface area contributed by atoms with Crippen molar-refractivity contribution in [2.75, 3.05) is 53.6 Å². The average molecular weight is 543 g/mol. The summed E-state index contributed by atoms with van der Waals surface area (Å²) in [5.41, 5.74) is 5.26. The zero-order chi connectivity index (χ0) is 27.3. The number of ether oxygens (including phenoxy) is 2. The van der Waals surface area contributed by atoms with Gasteiger partial charge in [-0.05, 0) is 56.4 Å². The molecule has 0 atom stereocenters. The lowest BCUT2D eigenvalue weighted by atomic mass is 9.90. The van der Waals surface area contributed by atoms with E-state index in [2.05, 4.69) is 56.0 Å². The van der Waals surface area contributed by atoms with E-state index in [1.54, 1.807) is 14.2 Å². The van der Waals surface area contributed by atoms with Crippen LogP contribution in [0.15, 0.2) is 54.7 Å². The van der Waals surface area contributed by atoms with Gasteiger partial charge in [0.15, 0.2) is 0 Å². The summed E-state index contributed by atoms with van der Waals surface area (Å²) in [4.78, 5) is 13.7. The summed E-state index contributed by atoms with van der Waals surface area (Å²) in [5.74, 6) is 1.82. The lowest BCUT2D eigenvalue weighted by Gasteiger charge is -2.42. The van der Waals surface area contributed by atoms with Crippen molar-refractivity contribution >= 4 is 11.0 Å². The first-order chi connectivity index (χ1) is 19.7. The third-order valence-corrected chi connectivity index (χ3v) is 8.77. The number of hydrogen-bond donors (Lipinski definition) is 1. The Hall–Kier alpha value is -3.20. The maximum absolute atomic E-state index is 5.52. The Balaban J connectivity index is 1.05. The quantitative estimate of drug-likeness (QED) is 0.279. The van der Waals surface area contributed by atoms with Gasteiger partial charge in [0.25, 0.3) is 0 Å². The summed E-state index contributed by atoms with van der Waals surface area (Å²) in [6.07, 6.45) is 8.93. The van der Waals surface area contributed by atoms with Crippen LogP contribution in [0.4, 0.5) is 0 Å². The van der Waals surface area contributed by atoms with Crippen LogP contribution < -0.4 is 4.74 Å². The molecule has 2 aromatic heterocycles. The van der Waals surface area contributed by atoms with Crippen LogP contribution in [-0.2, 0) is 11.2 Å². The fourth-order valence-corrected chi connectivity index (χ4v) is 6.50. The van der Waals surface area contributed by atoms with Gasteiger partial charge in [0.1, 0.15) is 11.6 Å². The van der Waals surface area contributed by atoms with Crippen LogP contribution in [0.5, 0.6) is 5.75 Å². The maximum atomic E-state index is 5.52. The second-order valence-electron chi connectivity index (χ2n) is 11.3. The molecule has 8 heteroatoms. The summed E-state index contributed by atoms with van der Waals surface area (Å²) >= 11 is 0. The van der Waals surface area contributed by atoms with E-state index in [1.165, 1.54) is 51.9 Å². The highest BCUT2D eigenvalue weighted by Gasteiger charge is 2.29. The summed E-state index contributed by atoms with van der Waals surface area (Å²) < 4.78 is 12.9. The summed E-state index contributed by atoms with van der Waals surface area (Å²) in [7, 11) is 3.50. The van der Waals surface area contributed by atoms with E-state index in [1.807, 2.05) is 18.2 Å². The van der Waals surface area contributed by atoms with Gasteiger partial charge >= 0.3 is 0 Å². The van der Waals surface area contributed by atoms with Crippen LogP contribution in [0.25, 0.3) is 22.3 Å². The van der Waals surface area contributed by atoms with E-state index in [0.29, 0.717) is 12.5 Å². The molecular weight excluding hydrogens is 500 g/mol. The molecule has 3 heterocycles. The molecule has 0 unspecified atom stereocenters. The molecule has 2 aliphatic rings. The zero-order valence-corrected chi connectivity index (χ0v) is 23.9. The molecule has 1 saturated heterocycles. The van der Waals surface area contributed by atoms with Gasteiger partial charge in [-0.25, -0.2) is 4.98 Å². The Morgan fingerprint density at radius 2 is 1.73 bits per heavy atom. The minimum absolute atomic E-state index is 0.488. The van der Waals surface area contributed by atoms with Gasteiger partial charge in [-0.2, -0.15) is 5.10 Å². The molecule has 1 aliphatic heterocycles. The number of imidazole rings is 1. The first kappa shape index (κ1) is 27.0. The number of rotatable bonds is 10. The van der Waals surface area contributed by atoms with Gasteiger partial charge in [-0.15, -0.1) is 0 Å². The van der Waals surface area contributed by atoms with Crippen molar-refractivity contribution in [3.63, 3.8) is 0 Å². The Morgan fingerprint density at radius 1 is 0.925 bits per heavy atom. The molecule has 0 radical (unpaired) electrons. The standard InChI is InChI=1S/C32H42N6O2/c1-39-21-5-15-36-17-19-37(20-18-36)26-9-11-27(12-10-26)38-16-14-28(35-38)24-8-13-29-30(22-24)34-32(33-29)23-25-6-3-4-7-31(25)40-2/h3-4,6-8,13-14,16,22,26-27H,5,9-12,15,17-21,23H2,1-2H3,(H,33,34)/t26-,27+. The lowest BCUT2D eigenvalue weighted by Crippen LogP contribution is -2.51. The van der Waals surface area contributed by atoms with Gasteiger partial charge in [0.05, 0.1) is 29.9 Å². The largest absolute Gasteiger partial charge is 0.496 e. The molecule has 8 nitrogen and oxygen atoms in total. The van der Waals surface area contributed by atoms with Crippen LogP contribution in [0.2, 0.25) is 0 Å². The Kier molecular flexibility index (Phi) is 8.46. The highest BCUT2D eigenvalue weighted by atomic mass is 16.5. The second-order valence-corrected chi connectivity index (χ2v) is 11.3. The topological polar surface area (TPSA) is 71.4 Å². The molecule has 1 saturated carbocycles. The number of nitrogens with one attached hydrogen (secondary N) is 1. The second kappa shape index (κ2) is 12.5. The smallest absolute Gasteiger partial charge is 0.122 e. The molecule has 4 aromatic rings. The van der Waals surface area contributed by atoms with Gasteiger partial charge < -0.3 is 19.4 Å². The number of methoxy groups -OCH3 is 2. The van der Waals surface area contributed by atoms with Gasteiger partial charge in [-0.1, -0.05) is 24.3 Å². The minimum atomic E-state index is 0.488. The first-order valence-electron chi connectivity index (χ1n) is 14.8. The number of H-pyrrole nitrogens is 1. The lowest BCUT2D eigenvalue weighted by molar-refractivity contribution is 0.0659. The van der Waals surface area contributed by atoms with Crippen molar-refractivity contribution in [1.29, 1.82) is 0 Å². The maximum Gasteiger partial charge on any atom is 0.122 e. The fraction of sp³-hybridized carbons (Fsp3) is 0.500. The van der Waals surface area contributed by atoms with Crippen molar-refractivity contribution in [3.05, 3.63) is 66.1 Å². The van der Waals surface area contributed by atoms with E-state index in [9.17, 15) is 0 Å². The summed E-state index contributed by atoms with van der Waals surface area (Å²) in [5, 5.41) is 5.02. The van der Waals surface area contributed by atoms with Gasteiger partial charge in [0.2, 0.25) is 0 Å². The number of fused-ring (bicyclic) bond motifs is 1. The van der Waals surface area contributed by atoms with Crippen molar-refractivity contribution in [2.45, 2.75) is 50.6 Å². The number of hydrogen-bond acceptors (Lipinski definition) is 6. The molecule has 1 N–H and O–H groups in total. The van der Waals surface area contributed by atoms with E-state index >= 15 is 0 Å². The molecule has 40 heavy (non-hydrogen) atoms. The first-order valence-corrected chi connectivity index (χ1v) is 14.8. The predicted molar refractivity (Wildman–Crippen MR) is 159 cm³/mol. The molecule has 6 rings (SSSR count). The van der Waals surface area contributed by atoms with Crippen molar-refractivity contribution in [1.82, 2.24) is 29.5 Å². The minimum Gasteiger partial charge on any atom is -0.496 e. The molecule has 0 spiro atoms. The highest BCUT2D eigenvalue weighted by molar-refractivity contribution is 5.81. The SMILES string of the molecule is COCCCN1CCN([C@H]2CC[C@@H](n3ccc(-c4ccc5[nH]c(Cc6ccccc6OC)nc5c4)n3)CC2)CC1. The molecule has 0 bridgehead atoms. The average Bonchev–Trinajstić information content (AvgIpc) is 3.65. The number of para-hydroxylation sites is 1. The fourth-order valence-electron chi connectivity index (χ4n) is 6.50. The third kappa shape index (κ3) is 6.09. The Morgan fingerprint density at radius 3 is 2.52 bits per heavy atom. The number of aromatic amines is 1. The predicted octanol–water partition coefficient (Wildman–Crippen LogP) is 5.16. The van der Waals surface area contributed by atoms with E-state index in [4.69, 9.17) is 19.6 Å². The van der Waals surface area contributed by atoms with E-state index < -0.39 is 0 Å². The zero-order valence-electron chi connectivity index (χ0n) is 23.9. The number of piperazine rings is 1.